The minimum atomic E-state index is -4.94. The standard InChI is InChI=1S/C41H49F3N4O2SSi/c1-9-11-23-48(24-12-10-2)33-19-17-30(18-20-33)15-13-14-16-37-31(29-49-52(7,8)39(3,4)5)25-34(51-37)21-22-36-35(28-47)38(32(26-45)27-46)50-40(36,6)41(42,43)44/h13-22,25H,9-12,23-24,29H2,1-8H3/b15-13+,16-14+,22-21+. The number of thiophene rings is 1. The van der Waals surface area contributed by atoms with Crippen molar-refractivity contribution in [2.24, 2.45) is 0 Å². The maximum Gasteiger partial charge on any atom is 0.432 e. The van der Waals surface area contributed by atoms with Crippen molar-refractivity contribution in [2.75, 3.05) is 18.0 Å². The first-order valence-electron chi connectivity index (χ1n) is 17.6. The number of nitriles is 3. The van der Waals surface area contributed by atoms with Crippen LogP contribution in [0.4, 0.5) is 18.9 Å². The van der Waals surface area contributed by atoms with Crippen LogP contribution in [0.5, 0.6) is 0 Å². The zero-order valence-electron chi connectivity index (χ0n) is 31.4. The van der Waals surface area contributed by atoms with Crippen molar-refractivity contribution in [1.82, 2.24) is 0 Å². The van der Waals surface area contributed by atoms with Gasteiger partial charge in [0.05, 0.1) is 6.61 Å². The first kappa shape index (κ1) is 42.1. The number of anilines is 1. The van der Waals surface area contributed by atoms with Crippen LogP contribution in [0.25, 0.3) is 18.2 Å². The topological polar surface area (TPSA) is 93.1 Å². The molecule has 1 aromatic carbocycles. The number of rotatable bonds is 15. The van der Waals surface area contributed by atoms with Gasteiger partial charge >= 0.3 is 6.18 Å². The number of halogens is 3. The largest absolute Gasteiger partial charge is 0.470 e. The van der Waals surface area contributed by atoms with Crippen molar-refractivity contribution in [3.05, 3.63) is 91.9 Å². The number of alkyl halides is 3. The third kappa shape index (κ3) is 10.2. The molecule has 0 spiro atoms. The molecule has 11 heteroatoms. The van der Waals surface area contributed by atoms with Gasteiger partial charge in [-0.15, -0.1) is 11.3 Å². The third-order valence-corrected chi connectivity index (χ3v) is 15.1. The van der Waals surface area contributed by atoms with Crippen LogP contribution >= 0.6 is 11.3 Å². The molecule has 1 atom stereocenters. The maximum absolute atomic E-state index is 14.4. The van der Waals surface area contributed by atoms with Crippen LogP contribution in [-0.4, -0.2) is 33.2 Å². The van der Waals surface area contributed by atoms with Gasteiger partial charge in [-0.3, -0.25) is 0 Å². The molecular weight excluding hydrogens is 698 g/mol. The molecule has 1 aromatic heterocycles. The normalized spacial score (nSPS) is 16.8. The number of hydrogen-bond donors (Lipinski definition) is 0. The van der Waals surface area contributed by atoms with E-state index in [4.69, 9.17) is 9.16 Å². The van der Waals surface area contributed by atoms with Gasteiger partial charge in [0.1, 0.15) is 23.8 Å². The Morgan fingerprint density at radius 2 is 1.54 bits per heavy atom. The van der Waals surface area contributed by atoms with E-state index in [1.54, 1.807) is 6.07 Å². The van der Waals surface area contributed by atoms with Crippen molar-refractivity contribution in [3.63, 3.8) is 0 Å². The summed E-state index contributed by atoms with van der Waals surface area (Å²) in [4.78, 5) is 3.97. The molecule has 276 valence electrons. The summed E-state index contributed by atoms with van der Waals surface area (Å²) in [5.74, 6) is -0.669. The van der Waals surface area contributed by atoms with Crippen LogP contribution < -0.4 is 4.90 Å². The average Bonchev–Trinajstić information content (AvgIpc) is 3.62. The molecular formula is C41H49F3N4O2SSi. The highest BCUT2D eigenvalue weighted by Gasteiger charge is 2.60. The third-order valence-electron chi connectivity index (χ3n) is 9.56. The van der Waals surface area contributed by atoms with E-state index >= 15 is 0 Å². The van der Waals surface area contributed by atoms with Gasteiger partial charge in [0.25, 0.3) is 0 Å². The summed E-state index contributed by atoms with van der Waals surface area (Å²) in [7, 11) is -2.13. The lowest BCUT2D eigenvalue weighted by atomic mass is 9.92. The minimum Gasteiger partial charge on any atom is -0.470 e. The Hall–Kier alpha value is -4.34. The number of benzene rings is 1. The molecule has 1 aliphatic heterocycles. The second kappa shape index (κ2) is 17.9. The number of hydrogen-bond acceptors (Lipinski definition) is 7. The number of unbranched alkanes of at least 4 members (excludes halogenated alkanes) is 2. The van der Waals surface area contributed by atoms with Crippen molar-refractivity contribution >= 4 is 43.6 Å². The Labute approximate surface area is 312 Å². The highest BCUT2D eigenvalue weighted by atomic mass is 32.1. The molecule has 0 saturated heterocycles. The van der Waals surface area contributed by atoms with Gasteiger partial charge in [0, 0.05) is 34.1 Å². The quantitative estimate of drug-likeness (QED) is 0.102. The zero-order valence-corrected chi connectivity index (χ0v) is 33.3. The lowest BCUT2D eigenvalue weighted by molar-refractivity contribution is -0.236. The number of nitrogens with zero attached hydrogens (tertiary/aromatic N) is 4. The molecule has 0 aliphatic carbocycles. The van der Waals surface area contributed by atoms with Crippen molar-refractivity contribution < 1.29 is 22.3 Å². The summed E-state index contributed by atoms with van der Waals surface area (Å²) in [6.45, 7) is 18.4. The first-order chi connectivity index (χ1) is 24.5. The van der Waals surface area contributed by atoms with Crippen LogP contribution in [0.15, 0.2) is 71.0 Å². The van der Waals surface area contributed by atoms with Gasteiger partial charge in [-0.2, -0.15) is 29.0 Å². The van der Waals surface area contributed by atoms with Crippen molar-refractivity contribution in [2.45, 2.75) is 104 Å². The van der Waals surface area contributed by atoms with Crippen LogP contribution in [0.3, 0.4) is 0 Å². The van der Waals surface area contributed by atoms with E-state index in [1.807, 2.05) is 30.4 Å². The monoisotopic (exact) mass is 746 g/mol. The van der Waals surface area contributed by atoms with E-state index in [1.165, 1.54) is 41.3 Å². The lowest BCUT2D eigenvalue weighted by Crippen LogP contribution is -2.43. The zero-order chi connectivity index (χ0) is 38.7. The molecule has 0 saturated carbocycles. The molecule has 0 radical (unpaired) electrons. The minimum absolute atomic E-state index is 0.0231. The number of allylic oxidation sites excluding steroid dienone is 4. The Morgan fingerprint density at radius 3 is 2.06 bits per heavy atom. The molecule has 0 N–H and O–H groups in total. The second-order valence-corrected chi connectivity index (χ2v) is 20.3. The van der Waals surface area contributed by atoms with E-state index in [0.29, 0.717) is 11.5 Å². The highest BCUT2D eigenvalue weighted by molar-refractivity contribution is 7.14. The molecule has 0 bridgehead atoms. The van der Waals surface area contributed by atoms with E-state index in [-0.39, 0.29) is 5.04 Å². The summed E-state index contributed by atoms with van der Waals surface area (Å²) in [6.07, 6.45) is 10.3. The first-order valence-corrected chi connectivity index (χ1v) is 21.3. The fourth-order valence-corrected chi connectivity index (χ4v) is 7.09. The van der Waals surface area contributed by atoms with Gasteiger partial charge < -0.3 is 14.1 Å². The average molecular weight is 747 g/mol. The predicted octanol–water partition coefficient (Wildman–Crippen LogP) is 11.9. The SMILES string of the molecule is CCCCN(CCCC)c1ccc(/C=C/C=C/c2sc(/C=C/C3=C(C#N)C(=C(C#N)C#N)OC3(C)C(F)(F)F)cc2CO[Si](C)(C)C(C)(C)C)cc1. The van der Waals surface area contributed by atoms with E-state index in [0.717, 1.165) is 61.7 Å². The molecule has 0 amide bonds. The summed E-state index contributed by atoms with van der Waals surface area (Å²) in [5.41, 5.74) is -1.43. The maximum atomic E-state index is 14.4. The van der Waals surface area contributed by atoms with Crippen LogP contribution in [0.1, 0.15) is 88.1 Å². The Bertz CT molecular complexity index is 1820. The van der Waals surface area contributed by atoms with Gasteiger partial charge in [-0.25, -0.2) is 0 Å². The molecule has 0 fully saturated rings. The molecule has 1 unspecified atom stereocenters. The van der Waals surface area contributed by atoms with E-state index in [9.17, 15) is 29.0 Å². The molecule has 1 aliphatic rings. The molecule has 2 aromatic rings. The highest BCUT2D eigenvalue weighted by Crippen LogP contribution is 2.49. The second-order valence-electron chi connectivity index (χ2n) is 14.4. The Morgan fingerprint density at radius 1 is 0.942 bits per heavy atom. The lowest BCUT2D eigenvalue weighted by Gasteiger charge is -2.36. The predicted molar refractivity (Wildman–Crippen MR) is 208 cm³/mol. The van der Waals surface area contributed by atoms with E-state index < -0.39 is 42.6 Å². The summed E-state index contributed by atoms with van der Waals surface area (Å²) >= 11 is 1.38. The summed E-state index contributed by atoms with van der Waals surface area (Å²) in [6, 6.07) is 15.2. The molecule has 52 heavy (non-hydrogen) atoms. The molecule has 3 rings (SSSR count). The Kier molecular flexibility index (Phi) is 14.5. The molecule has 2 heterocycles. The Balaban J connectivity index is 1.97. The van der Waals surface area contributed by atoms with Crippen molar-refractivity contribution in [3.8, 4) is 18.2 Å². The van der Waals surface area contributed by atoms with Gasteiger partial charge in [0.2, 0.25) is 5.60 Å². The smallest absolute Gasteiger partial charge is 0.432 e. The molecule has 6 nitrogen and oxygen atoms in total. The van der Waals surface area contributed by atoms with Crippen LogP contribution in [0.2, 0.25) is 18.1 Å². The van der Waals surface area contributed by atoms with Gasteiger partial charge in [-0.05, 0) is 79.4 Å². The summed E-state index contributed by atoms with van der Waals surface area (Å²) in [5, 5.41) is 28.5. The van der Waals surface area contributed by atoms with Gasteiger partial charge in [0.15, 0.2) is 19.6 Å². The fourth-order valence-electron chi connectivity index (χ4n) is 5.15. The van der Waals surface area contributed by atoms with E-state index in [2.05, 4.69) is 76.9 Å². The van der Waals surface area contributed by atoms with Crippen LogP contribution in [-0.2, 0) is 15.8 Å². The van der Waals surface area contributed by atoms with Gasteiger partial charge in [-0.1, -0.05) is 83.9 Å². The van der Waals surface area contributed by atoms with Crippen LogP contribution in [0, 0.1) is 34.0 Å². The summed E-state index contributed by atoms with van der Waals surface area (Å²) < 4.78 is 54.8. The fraction of sp³-hybridized carbons (Fsp3) is 0.439. The number of ether oxygens (including phenoxy) is 1. The van der Waals surface area contributed by atoms with Crippen molar-refractivity contribution in [1.29, 1.82) is 15.8 Å².